The SMILES string of the molecule is O=C(Cl)c1cccc2sc3ccccc3c(=O)c12. The molecule has 3 rings (SSSR count). The summed E-state index contributed by atoms with van der Waals surface area (Å²) >= 11 is 7.02. The first-order chi connectivity index (χ1) is 8.68. The van der Waals surface area contributed by atoms with Gasteiger partial charge in [-0.25, -0.2) is 0 Å². The highest BCUT2D eigenvalue weighted by atomic mass is 35.5. The predicted molar refractivity (Wildman–Crippen MR) is 75.8 cm³/mol. The van der Waals surface area contributed by atoms with Gasteiger partial charge in [0.15, 0.2) is 5.43 Å². The Bertz CT molecular complexity index is 836. The normalized spacial score (nSPS) is 10.9. The van der Waals surface area contributed by atoms with Gasteiger partial charge in [0.2, 0.25) is 0 Å². The third kappa shape index (κ3) is 1.64. The zero-order chi connectivity index (χ0) is 12.7. The summed E-state index contributed by atoms with van der Waals surface area (Å²) in [6, 6.07) is 12.5. The van der Waals surface area contributed by atoms with E-state index in [1.807, 2.05) is 24.3 Å². The van der Waals surface area contributed by atoms with Gasteiger partial charge in [-0.05, 0) is 35.9 Å². The van der Waals surface area contributed by atoms with Crippen LogP contribution in [0.4, 0.5) is 0 Å². The van der Waals surface area contributed by atoms with Gasteiger partial charge in [0.25, 0.3) is 5.24 Å². The van der Waals surface area contributed by atoms with Gasteiger partial charge in [-0.1, -0.05) is 18.2 Å². The second-order valence-corrected chi connectivity index (χ2v) is 5.31. The lowest BCUT2D eigenvalue weighted by Gasteiger charge is -2.03. The molecule has 18 heavy (non-hydrogen) atoms. The lowest BCUT2D eigenvalue weighted by molar-refractivity contribution is 0.108. The highest BCUT2D eigenvalue weighted by Crippen LogP contribution is 2.26. The molecule has 3 aromatic rings. The highest BCUT2D eigenvalue weighted by Gasteiger charge is 2.13. The van der Waals surface area contributed by atoms with Crippen LogP contribution in [0.15, 0.2) is 47.3 Å². The molecule has 0 amide bonds. The van der Waals surface area contributed by atoms with Crippen LogP contribution in [-0.4, -0.2) is 5.24 Å². The molecule has 0 unspecified atom stereocenters. The van der Waals surface area contributed by atoms with E-state index in [0.717, 1.165) is 9.40 Å². The molecule has 0 aliphatic heterocycles. The molecule has 1 aromatic heterocycles. The molecule has 0 atom stereocenters. The van der Waals surface area contributed by atoms with Crippen LogP contribution in [0.5, 0.6) is 0 Å². The van der Waals surface area contributed by atoms with Crippen LogP contribution >= 0.6 is 22.9 Å². The Balaban J connectivity index is 2.61. The van der Waals surface area contributed by atoms with Crippen LogP contribution in [0.1, 0.15) is 10.4 Å². The summed E-state index contributed by atoms with van der Waals surface area (Å²) < 4.78 is 1.69. The maximum Gasteiger partial charge on any atom is 0.253 e. The van der Waals surface area contributed by atoms with E-state index in [0.29, 0.717) is 10.8 Å². The maximum atomic E-state index is 12.4. The molecule has 0 spiro atoms. The molecule has 0 saturated carbocycles. The summed E-state index contributed by atoms with van der Waals surface area (Å²) in [6.45, 7) is 0. The van der Waals surface area contributed by atoms with E-state index in [9.17, 15) is 9.59 Å². The number of carbonyl (C=O) groups excluding carboxylic acids is 1. The number of fused-ring (bicyclic) bond motifs is 2. The minimum atomic E-state index is -0.597. The first-order valence-electron chi connectivity index (χ1n) is 5.33. The first-order valence-corrected chi connectivity index (χ1v) is 6.52. The summed E-state index contributed by atoms with van der Waals surface area (Å²) in [5, 5.41) is 0.446. The Kier molecular flexibility index (Phi) is 2.65. The van der Waals surface area contributed by atoms with E-state index in [1.54, 1.807) is 18.2 Å². The number of benzene rings is 2. The topological polar surface area (TPSA) is 34.1 Å². The fourth-order valence-corrected chi connectivity index (χ4v) is 3.27. The molecule has 0 N–H and O–H groups in total. The van der Waals surface area contributed by atoms with E-state index in [1.165, 1.54) is 11.3 Å². The summed E-state index contributed by atoms with van der Waals surface area (Å²) in [7, 11) is 0. The van der Waals surface area contributed by atoms with Gasteiger partial charge in [0.1, 0.15) is 0 Å². The monoisotopic (exact) mass is 274 g/mol. The molecular weight excluding hydrogens is 268 g/mol. The quantitative estimate of drug-likeness (QED) is 0.500. The van der Waals surface area contributed by atoms with Gasteiger partial charge < -0.3 is 0 Å². The van der Waals surface area contributed by atoms with Gasteiger partial charge in [-0.3, -0.25) is 9.59 Å². The molecule has 2 nitrogen and oxygen atoms in total. The van der Waals surface area contributed by atoms with Crippen molar-refractivity contribution in [2.45, 2.75) is 0 Å². The Morgan fingerprint density at radius 1 is 1.00 bits per heavy atom. The minimum Gasteiger partial charge on any atom is -0.288 e. The number of halogens is 1. The molecule has 2 aromatic carbocycles. The third-order valence-electron chi connectivity index (χ3n) is 2.82. The Morgan fingerprint density at radius 3 is 2.50 bits per heavy atom. The van der Waals surface area contributed by atoms with Crippen LogP contribution in [0, 0.1) is 0 Å². The minimum absolute atomic E-state index is 0.135. The number of hydrogen-bond donors (Lipinski definition) is 0. The van der Waals surface area contributed by atoms with Gasteiger partial charge in [-0.15, -0.1) is 11.3 Å². The van der Waals surface area contributed by atoms with Crippen LogP contribution in [0.2, 0.25) is 0 Å². The van der Waals surface area contributed by atoms with E-state index >= 15 is 0 Å². The van der Waals surface area contributed by atoms with Crippen LogP contribution < -0.4 is 5.43 Å². The molecule has 0 bridgehead atoms. The lowest BCUT2D eigenvalue weighted by atomic mass is 10.1. The first kappa shape index (κ1) is 11.4. The van der Waals surface area contributed by atoms with Crippen LogP contribution in [0.3, 0.4) is 0 Å². The Morgan fingerprint density at radius 2 is 1.72 bits per heavy atom. The van der Waals surface area contributed by atoms with E-state index < -0.39 is 5.24 Å². The molecule has 0 radical (unpaired) electrons. The summed E-state index contributed by atoms with van der Waals surface area (Å²) in [5.74, 6) is 0. The molecule has 0 saturated heterocycles. The average molecular weight is 275 g/mol. The molecule has 1 heterocycles. The van der Waals surface area contributed by atoms with E-state index in [-0.39, 0.29) is 11.0 Å². The van der Waals surface area contributed by atoms with Gasteiger partial charge in [0.05, 0.1) is 5.39 Å². The standard InChI is InChI=1S/C14H7ClO2S/c15-14(17)9-5-3-7-11-12(9)13(16)8-4-1-2-6-10(8)18-11/h1-7H. The maximum absolute atomic E-state index is 12.4. The Labute approximate surface area is 111 Å². The van der Waals surface area contributed by atoms with Crippen LogP contribution in [-0.2, 0) is 0 Å². The van der Waals surface area contributed by atoms with Gasteiger partial charge in [-0.2, -0.15) is 0 Å². The van der Waals surface area contributed by atoms with E-state index in [4.69, 9.17) is 11.6 Å². The predicted octanol–water partition coefficient (Wildman–Crippen LogP) is 3.79. The van der Waals surface area contributed by atoms with Crippen molar-refractivity contribution in [2.75, 3.05) is 0 Å². The second-order valence-electron chi connectivity index (χ2n) is 3.88. The van der Waals surface area contributed by atoms with Gasteiger partial charge >= 0.3 is 0 Å². The second kappa shape index (κ2) is 4.19. The third-order valence-corrected chi connectivity index (χ3v) is 4.16. The fourth-order valence-electron chi connectivity index (χ4n) is 2.01. The van der Waals surface area contributed by atoms with Crippen molar-refractivity contribution in [3.63, 3.8) is 0 Å². The van der Waals surface area contributed by atoms with Crippen molar-refractivity contribution in [3.8, 4) is 0 Å². The van der Waals surface area contributed by atoms with Crippen molar-refractivity contribution in [1.82, 2.24) is 0 Å². The van der Waals surface area contributed by atoms with Crippen molar-refractivity contribution in [3.05, 3.63) is 58.3 Å². The summed E-state index contributed by atoms with van der Waals surface area (Å²) in [6.07, 6.45) is 0. The molecule has 0 fully saturated rings. The van der Waals surface area contributed by atoms with Crippen molar-refractivity contribution < 1.29 is 4.79 Å². The summed E-state index contributed by atoms with van der Waals surface area (Å²) in [4.78, 5) is 23.8. The fraction of sp³-hybridized carbons (Fsp3) is 0. The van der Waals surface area contributed by atoms with Crippen molar-refractivity contribution in [1.29, 1.82) is 0 Å². The molecule has 0 aliphatic carbocycles. The average Bonchev–Trinajstić information content (AvgIpc) is 2.38. The Hall–Kier alpha value is -1.71. The number of rotatable bonds is 1. The zero-order valence-corrected chi connectivity index (χ0v) is 10.7. The summed E-state index contributed by atoms with van der Waals surface area (Å²) in [5.41, 5.74) is 0.144. The van der Waals surface area contributed by atoms with Crippen molar-refractivity contribution >= 4 is 48.4 Å². The molecule has 0 aliphatic rings. The van der Waals surface area contributed by atoms with E-state index in [2.05, 4.69) is 0 Å². The zero-order valence-electron chi connectivity index (χ0n) is 9.14. The van der Waals surface area contributed by atoms with Crippen molar-refractivity contribution in [2.24, 2.45) is 0 Å². The molecule has 4 heteroatoms. The molecular formula is C14H7ClO2S. The highest BCUT2D eigenvalue weighted by molar-refractivity contribution is 7.24. The number of hydrogen-bond acceptors (Lipinski definition) is 3. The largest absolute Gasteiger partial charge is 0.288 e. The van der Waals surface area contributed by atoms with Crippen LogP contribution in [0.25, 0.3) is 20.2 Å². The molecule has 88 valence electrons. The van der Waals surface area contributed by atoms with Gasteiger partial charge in [0, 0.05) is 20.3 Å². The lowest BCUT2D eigenvalue weighted by Crippen LogP contribution is -2.05. The number of carbonyl (C=O) groups is 1. The smallest absolute Gasteiger partial charge is 0.253 e.